The molecule has 0 fully saturated rings. The molecule has 0 bridgehead atoms. The van der Waals surface area contributed by atoms with Gasteiger partial charge in [0.15, 0.2) is 0 Å². The first-order chi connectivity index (χ1) is 2.00. The second-order valence-electron chi connectivity index (χ2n) is 0.447. The third kappa shape index (κ3) is 50.9. The molecule has 0 rings (SSSR count). The molecule has 0 saturated heterocycles. The molecular weight excluding hydrogens is 239 g/mol. The zero-order chi connectivity index (χ0) is 4.50. The molecule has 6 heavy (non-hydrogen) atoms. The van der Waals surface area contributed by atoms with Crippen LogP contribution in [0.5, 0.6) is 0 Å². The van der Waals surface area contributed by atoms with Crippen LogP contribution in [0.25, 0.3) is 0 Å². The van der Waals surface area contributed by atoms with Crippen molar-refractivity contribution in [3.63, 3.8) is 0 Å². The maximum absolute atomic E-state index is 8.55. The summed E-state index contributed by atoms with van der Waals surface area (Å²) in [7, 11) is -5.39. The number of hydrogen-bond donors (Lipinski definition) is 0. The fourth-order valence-electron chi connectivity index (χ4n) is 0. The van der Waals surface area contributed by atoms with Gasteiger partial charge in [-0.1, -0.05) is 0 Å². The molecule has 0 amide bonds. The van der Waals surface area contributed by atoms with Gasteiger partial charge in [0.25, 0.3) is 0 Å². The minimum absolute atomic E-state index is 0. The van der Waals surface area contributed by atoms with Crippen molar-refractivity contribution in [2.45, 2.75) is 0 Å². The molecule has 0 aliphatic rings. The molecule has 0 heterocycles. The molecule has 0 aromatic rings. The van der Waals surface area contributed by atoms with Crippen molar-refractivity contribution in [1.29, 1.82) is 0 Å². The molecule has 4 nitrogen and oxygen atoms in total. The van der Waals surface area contributed by atoms with E-state index in [1.54, 1.807) is 0 Å². The van der Waals surface area contributed by atoms with Gasteiger partial charge in [-0.3, -0.25) is 0 Å². The molecule has 0 atom stereocenters. The molecule has 0 aliphatic heterocycles. The smallest absolute Gasteiger partial charge is 0.822 e. The summed E-state index contributed by atoms with van der Waals surface area (Å²) in [6.07, 6.45) is 0. The summed E-state index contributed by atoms with van der Waals surface area (Å²) < 4.78 is 8.55. The van der Waals surface area contributed by atoms with Crippen LogP contribution in [0.3, 0.4) is 0 Å². The summed E-state index contributed by atoms with van der Waals surface area (Å²) in [6.45, 7) is 0. The maximum atomic E-state index is 8.55. The van der Waals surface area contributed by atoms with E-state index in [2.05, 4.69) is 0 Å². The fraction of sp³-hybridized carbons (Fsp3) is 0. The van der Waals surface area contributed by atoms with Crippen molar-refractivity contribution in [3.8, 4) is 0 Å². The molecule has 0 aromatic carbocycles. The first-order valence-electron chi connectivity index (χ1n) is 0.730. The zero-order valence-corrected chi connectivity index (χ0v) is 6.68. The topological polar surface area (TPSA) is 86.2 Å². The van der Waals surface area contributed by atoms with E-state index >= 15 is 0 Å². The van der Waals surface area contributed by atoms with Crippen molar-refractivity contribution < 1.29 is 60.1 Å². The number of phosphoric acid groups is 1. The van der Waals surface area contributed by atoms with Crippen LogP contribution in [0.1, 0.15) is 0 Å². The fourth-order valence-corrected chi connectivity index (χ4v) is 0. The van der Waals surface area contributed by atoms with Gasteiger partial charge in [0.05, 0.1) is 0 Å². The summed E-state index contributed by atoms with van der Waals surface area (Å²) in [5.41, 5.74) is 0. The standard InChI is InChI=1S/Nd.H3O4P/c;1-5(2,3)4/h;(H3,1,2,3,4)/q+3;/p-3. The Hall–Kier alpha value is 1.46. The van der Waals surface area contributed by atoms with Crippen LogP contribution in [0.4, 0.5) is 0 Å². The molecular formula is NdO4P. The molecule has 0 saturated carbocycles. The quantitative estimate of drug-likeness (QED) is 0.426. The van der Waals surface area contributed by atoms with Gasteiger partial charge < -0.3 is 19.2 Å². The third-order valence-corrected chi connectivity index (χ3v) is 0. The molecule has 0 unspecified atom stereocenters. The van der Waals surface area contributed by atoms with E-state index in [1.165, 1.54) is 0 Å². The number of rotatable bonds is 0. The van der Waals surface area contributed by atoms with Gasteiger partial charge in [-0.15, -0.1) is 0 Å². The monoisotopic (exact) mass is 237 g/mol. The Morgan fingerprint density at radius 2 is 1.17 bits per heavy atom. The third-order valence-electron chi connectivity index (χ3n) is 0. The molecule has 0 N–H and O–H groups in total. The van der Waals surface area contributed by atoms with E-state index in [0.29, 0.717) is 0 Å². The molecule has 0 aromatic heterocycles. The van der Waals surface area contributed by atoms with E-state index in [4.69, 9.17) is 19.2 Å². The predicted molar refractivity (Wildman–Crippen MR) is 7.61 cm³/mol. The minimum atomic E-state index is -5.39. The predicted octanol–water partition coefficient (Wildman–Crippen LogP) is -2.82. The van der Waals surface area contributed by atoms with Crippen molar-refractivity contribution in [2.75, 3.05) is 0 Å². The normalized spacial score (nSPS) is 9.83. The second-order valence-corrected chi connectivity index (χ2v) is 1.34. The van der Waals surface area contributed by atoms with Crippen molar-refractivity contribution in [3.05, 3.63) is 0 Å². The molecule has 0 spiro atoms. The Bertz CT molecular complexity index is 53.7. The van der Waals surface area contributed by atoms with Gasteiger partial charge in [0.1, 0.15) is 0 Å². The summed E-state index contributed by atoms with van der Waals surface area (Å²) >= 11 is 0. The summed E-state index contributed by atoms with van der Waals surface area (Å²) in [4.78, 5) is 25.6. The van der Waals surface area contributed by atoms with E-state index in [1.807, 2.05) is 0 Å². The van der Waals surface area contributed by atoms with Crippen LogP contribution in [0.2, 0.25) is 0 Å². The maximum Gasteiger partial charge on any atom is 3.00 e. The van der Waals surface area contributed by atoms with Crippen LogP contribution in [-0.4, -0.2) is 0 Å². The van der Waals surface area contributed by atoms with E-state index in [-0.39, 0.29) is 40.8 Å². The largest absolute Gasteiger partial charge is 3.00 e. The van der Waals surface area contributed by atoms with Gasteiger partial charge in [-0.2, -0.15) is 7.82 Å². The van der Waals surface area contributed by atoms with Crippen LogP contribution in [-0.2, 0) is 4.57 Å². The van der Waals surface area contributed by atoms with E-state index in [9.17, 15) is 0 Å². The van der Waals surface area contributed by atoms with Crippen LogP contribution in [0, 0.1) is 40.8 Å². The average Bonchev–Trinajstić information content (AvgIpc) is 0.722. The van der Waals surface area contributed by atoms with Crippen molar-refractivity contribution in [1.82, 2.24) is 0 Å². The van der Waals surface area contributed by atoms with Crippen LogP contribution < -0.4 is 14.7 Å². The van der Waals surface area contributed by atoms with Crippen molar-refractivity contribution in [2.24, 2.45) is 0 Å². The number of hydrogen-bond acceptors (Lipinski definition) is 4. The van der Waals surface area contributed by atoms with Crippen molar-refractivity contribution >= 4 is 7.82 Å². The summed E-state index contributed by atoms with van der Waals surface area (Å²) in [5, 5.41) is 0. The SMILES string of the molecule is O=P([O-])([O-])[O-].[Nd+3]. The first-order valence-corrected chi connectivity index (χ1v) is 2.19. The minimum Gasteiger partial charge on any atom is -0.822 e. The van der Waals surface area contributed by atoms with Gasteiger partial charge in [-0.25, -0.2) is 0 Å². The van der Waals surface area contributed by atoms with E-state index in [0.717, 1.165) is 0 Å². The van der Waals surface area contributed by atoms with E-state index < -0.39 is 7.82 Å². The average molecular weight is 239 g/mol. The Morgan fingerprint density at radius 1 is 1.17 bits per heavy atom. The Balaban J connectivity index is 0. The van der Waals surface area contributed by atoms with Gasteiger partial charge in [0.2, 0.25) is 0 Å². The van der Waals surface area contributed by atoms with Crippen LogP contribution in [0.15, 0.2) is 0 Å². The second kappa shape index (κ2) is 3.46. The van der Waals surface area contributed by atoms with Gasteiger partial charge in [-0.05, 0) is 0 Å². The Morgan fingerprint density at radius 3 is 1.17 bits per heavy atom. The first kappa shape index (κ1) is 10.4. The van der Waals surface area contributed by atoms with Gasteiger partial charge >= 0.3 is 40.8 Å². The Labute approximate surface area is 67.3 Å². The molecule has 0 aliphatic carbocycles. The molecule has 1 radical (unpaired) electrons. The molecule has 33 valence electrons. The molecule has 6 heteroatoms. The summed E-state index contributed by atoms with van der Waals surface area (Å²) in [6, 6.07) is 0. The van der Waals surface area contributed by atoms with Gasteiger partial charge in [0, 0.05) is 0 Å². The van der Waals surface area contributed by atoms with Crippen LogP contribution >= 0.6 is 7.82 Å². The Kier molecular flexibility index (Phi) is 6.02. The zero-order valence-electron chi connectivity index (χ0n) is 2.58. The summed E-state index contributed by atoms with van der Waals surface area (Å²) in [5.74, 6) is 0.